The number of thioether (sulfide) groups is 2. The summed E-state index contributed by atoms with van der Waals surface area (Å²) in [5.41, 5.74) is 1.38. The Bertz CT molecular complexity index is 285. The first-order chi connectivity index (χ1) is 8.36. The first-order valence-corrected chi connectivity index (χ1v) is 8.66. The minimum absolute atomic E-state index is 0.991. The van der Waals surface area contributed by atoms with Gasteiger partial charge < -0.3 is 5.32 Å². The molecule has 0 atom stereocenters. The quantitative estimate of drug-likeness (QED) is 0.537. The minimum Gasteiger partial charge on any atom is -0.313 e. The summed E-state index contributed by atoms with van der Waals surface area (Å²) in [6.45, 7) is 4.29. The lowest BCUT2D eigenvalue weighted by Crippen LogP contribution is -2.13. The predicted octanol–water partition coefficient (Wildman–Crippen LogP) is 4.03. The molecule has 0 saturated heterocycles. The molecule has 0 aromatic heterocycles. The molecular weight excluding hydrogens is 246 g/mol. The van der Waals surface area contributed by atoms with Crippen molar-refractivity contribution in [3.63, 3.8) is 0 Å². The van der Waals surface area contributed by atoms with Crippen molar-refractivity contribution in [3.05, 3.63) is 29.8 Å². The molecule has 17 heavy (non-hydrogen) atoms. The average molecular weight is 269 g/mol. The van der Waals surface area contributed by atoms with Crippen LogP contribution in [0, 0.1) is 0 Å². The van der Waals surface area contributed by atoms with Gasteiger partial charge in [-0.3, -0.25) is 0 Å². The molecule has 96 valence electrons. The van der Waals surface area contributed by atoms with E-state index in [1.807, 2.05) is 23.5 Å². The zero-order valence-electron chi connectivity index (χ0n) is 10.9. The minimum atomic E-state index is 0.991. The fraction of sp³-hybridized carbons (Fsp3) is 0.571. The highest BCUT2D eigenvalue weighted by Gasteiger charge is 1.95. The molecule has 0 unspecified atom stereocenters. The maximum atomic E-state index is 3.42. The Morgan fingerprint density at radius 3 is 2.53 bits per heavy atom. The van der Waals surface area contributed by atoms with Crippen molar-refractivity contribution in [2.45, 2.75) is 31.2 Å². The Morgan fingerprint density at radius 1 is 1.12 bits per heavy atom. The van der Waals surface area contributed by atoms with Gasteiger partial charge in [0.25, 0.3) is 0 Å². The van der Waals surface area contributed by atoms with E-state index in [1.54, 1.807) is 0 Å². The fourth-order valence-electron chi connectivity index (χ4n) is 1.51. The third kappa shape index (κ3) is 7.02. The molecule has 0 saturated carbocycles. The van der Waals surface area contributed by atoms with Gasteiger partial charge in [0.05, 0.1) is 0 Å². The van der Waals surface area contributed by atoms with Gasteiger partial charge in [-0.2, -0.15) is 11.8 Å². The number of benzene rings is 1. The van der Waals surface area contributed by atoms with Crippen LogP contribution < -0.4 is 5.32 Å². The second kappa shape index (κ2) is 9.86. The molecule has 0 aliphatic rings. The molecule has 1 N–H and O–H groups in total. The van der Waals surface area contributed by atoms with E-state index in [-0.39, 0.29) is 0 Å². The first kappa shape index (κ1) is 14.9. The van der Waals surface area contributed by atoms with Gasteiger partial charge in [-0.25, -0.2) is 0 Å². The SMILES string of the molecule is CCCNCc1ccc(SCCCSC)cc1. The summed E-state index contributed by atoms with van der Waals surface area (Å²) in [6.07, 6.45) is 4.66. The third-order valence-corrected chi connectivity index (χ3v) is 4.24. The van der Waals surface area contributed by atoms with Gasteiger partial charge in [-0.15, -0.1) is 11.8 Å². The molecule has 0 aliphatic carbocycles. The predicted molar refractivity (Wildman–Crippen MR) is 82.2 cm³/mol. The molecule has 1 rings (SSSR count). The van der Waals surface area contributed by atoms with E-state index in [4.69, 9.17) is 0 Å². The average Bonchev–Trinajstić information content (AvgIpc) is 2.37. The molecule has 0 bridgehead atoms. The maximum Gasteiger partial charge on any atom is 0.0205 e. The Hall–Kier alpha value is -0.120. The lowest BCUT2D eigenvalue weighted by molar-refractivity contribution is 0.675. The van der Waals surface area contributed by atoms with Crippen LogP contribution in [0.5, 0.6) is 0 Å². The molecule has 1 aromatic carbocycles. The van der Waals surface area contributed by atoms with Gasteiger partial charge in [0.15, 0.2) is 0 Å². The summed E-state index contributed by atoms with van der Waals surface area (Å²) in [7, 11) is 0. The molecule has 3 heteroatoms. The Labute approximate surface area is 114 Å². The lowest BCUT2D eigenvalue weighted by Gasteiger charge is -2.05. The van der Waals surface area contributed by atoms with Gasteiger partial charge in [0, 0.05) is 11.4 Å². The van der Waals surface area contributed by atoms with Crippen molar-refractivity contribution < 1.29 is 0 Å². The molecule has 0 radical (unpaired) electrons. The van der Waals surface area contributed by atoms with Crippen LogP contribution in [0.4, 0.5) is 0 Å². The summed E-state index contributed by atoms with van der Waals surface area (Å²) < 4.78 is 0. The van der Waals surface area contributed by atoms with Gasteiger partial charge in [0.1, 0.15) is 0 Å². The highest BCUT2D eigenvalue weighted by molar-refractivity contribution is 7.99. The van der Waals surface area contributed by atoms with Crippen LogP contribution in [-0.2, 0) is 6.54 Å². The van der Waals surface area contributed by atoms with E-state index in [0.29, 0.717) is 0 Å². The topological polar surface area (TPSA) is 12.0 Å². The van der Waals surface area contributed by atoms with Gasteiger partial charge in [0.2, 0.25) is 0 Å². The van der Waals surface area contributed by atoms with Gasteiger partial charge in [-0.1, -0.05) is 19.1 Å². The molecule has 0 spiro atoms. The van der Waals surface area contributed by atoms with Crippen LogP contribution in [0.25, 0.3) is 0 Å². The van der Waals surface area contributed by atoms with Crippen molar-refractivity contribution in [2.75, 3.05) is 24.3 Å². The first-order valence-electron chi connectivity index (χ1n) is 6.28. The Morgan fingerprint density at radius 2 is 1.88 bits per heavy atom. The standard InChI is InChI=1S/C14H23NS2/c1-3-9-15-12-13-5-7-14(8-6-13)17-11-4-10-16-2/h5-8,15H,3-4,9-12H2,1-2H3. The van der Waals surface area contributed by atoms with E-state index >= 15 is 0 Å². The largest absolute Gasteiger partial charge is 0.313 e. The second-order valence-electron chi connectivity index (χ2n) is 4.02. The molecule has 0 heterocycles. The smallest absolute Gasteiger partial charge is 0.0205 e. The number of rotatable bonds is 9. The number of hydrogen-bond donors (Lipinski definition) is 1. The summed E-state index contributed by atoms with van der Waals surface area (Å²) >= 11 is 3.89. The van der Waals surface area contributed by atoms with Crippen LogP contribution in [0.1, 0.15) is 25.3 Å². The van der Waals surface area contributed by atoms with Crippen LogP contribution in [-0.4, -0.2) is 24.3 Å². The van der Waals surface area contributed by atoms with E-state index in [0.717, 1.165) is 13.1 Å². The zero-order chi connectivity index (χ0) is 12.3. The normalized spacial score (nSPS) is 10.7. The highest BCUT2D eigenvalue weighted by Crippen LogP contribution is 2.19. The van der Waals surface area contributed by atoms with E-state index in [2.05, 4.69) is 42.8 Å². The van der Waals surface area contributed by atoms with Gasteiger partial charge >= 0.3 is 0 Å². The fourth-order valence-corrected chi connectivity index (χ4v) is 2.97. The second-order valence-corrected chi connectivity index (χ2v) is 6.17. The summed E-state index contributed by atoms with van der Waals surface area (Å²) in [6, 6.07) is 8.96. The number of nitrogens with one attached hydrogen (secondary N) is 1. The molecule has 0 fully saturated rings. The number of hydrogen-bond acceptors (Lipinski definition) is 3. The molecule has 1 aromatic rings. The Kier molecular flexibility index (Phi) is 8.67. The van der Waals surface area contributed by atoms with E-state index in [9.17, 15) is 0 Å². The van der Waals surface area contributed by atoms with Gasteiger partial charge in [-0.05, 0) is 54.8 Å². The summed E-state index contributed by atoms with van der Waals surface area (Å²) in [4.78, 5) is 1.39. The van der Waals surface area contributed by atoms with Crippen LogP contribution in [0.3, 0.4) is 0 Å². The van der Waals surface area contributed by atoms with Crippen molar-refractivity contribution in [3.8, 4) is 0 Å². The van der Waals surface area contributed by atoms with Crippen LogP contribution >= 0.6 is 23.5 Å². The maximum absolute atomic E-state index is 3.42. The van der Waals surface area contributed by atoms with Crippen LogP contribution in [0.2, 0.25) is 0 Å². The molecule has 0 aliphatic heterocycles. The molecule has 0 amide bonds. The van der Waals surface area contributed by atoms with E-state index < -0.39 is 0 Å². The van der Waals surface area contributed by atoms with Crippen molar-refractivity contribution in [2.24, 2.45) is 0 Å². The molecule has 1 nitrogen and oxygen atoms in total. The van der Waals surface area contributed by atoms with E-state index in [1.165, 1.54) is 34.8 Å². The third-order valence-electron chi connectivity index (χ3n) is 2.44. The van der Waals surface area contributed by atoms with Crippen LogP contribution in [0.15, 0.2) is 29.2 Å². The summed E-state index contributed by atoms with van der Waals surface area (Å²) in [5.74, 6) is 2.50. The Balaban J connectivity index is 2.24. The molecular formula is C14H23NS2. The lowest BCUT2D eigenvalue weighted by atomic mass is 10.2. The zero-order valence-corrected chi connectivity index (χ0v) is 12.5. The van der Waals surface area contributed by atoms with Crippen molar-refractivity contribution in [1.82, 2.24) is 5.32 Å². The highest BCUT2D eigenvalue weighted by atomic mass is 32.2. The van der Waals surface area contributed by atoms with Crippen molar-refractivity contribution in [1.29, 1.82) is 0 Å². The van der Waals surface area contributed by atoms with Crippen molar-refractivity contribution >= 4 is 23.5 Å². The monoisotopic (exact) mass is 269 g/mol. The summed E-state index contributed by atoms with van der Waals surface area (Å²) in [5, 5.41) is 3.42.